The molecule has 16 heavy (non-hydrogen) atoms. The first-order chi connectivity index (χ1) is 7.69. The minimum absolute atomic E-state index is 0.654. The fraction of sp³-hybridized carbons (Fsp3) is 0.600. The molecular formula is C10H20N6. The van der Waals surface area contributed by atoms with Gasteiger partial charge in [-0.15, -0.1) is 0 Å². The summed E-state index contributed by atoms with van der Waals surface area (Å²) >= 11 is 0. The second kappa shape index (κ2) is 6.24. The van der Waals surface area contributed by atoms with Crippen molar-refractivity contribution in [1.29, 1.82) is 0 Å². The van der Waals surface area contributed by atoms with E-state index >= 15 is 0 Å². The van der Waals surface area contributed by atoms with E-state index < -0.39 is 0 Å². The second-order valence-electron chi connectivity index (χ2n) is 3.66. The second-order valence-corrected chi connectivity index (χ2v) is 3.66. The fourth-order valence-corrected chi connectivity index (χ4v) is 1.30. The topological polar surface area (TPSA) is 79.1 Å². The van der Waals surface area contributed by atoms with Gasteiger partial charge in [-0.05, 0) is 20.5 Å². The van der Waals surface area contributed by atoms with Gasteiger partial charge in [-0.1, -0.05) is 6.92 Å². The number of hydrogen-bond donors (Lipinski definition) is 3. The maximum absolute atomic E-state index is 5.34. The van der Waals surface area contributed by atoms with E-state index in [9.17, 15) is 0 Å². The minimum Gasteiger partial charge on any atom is -0.368 e. The lowest BCUT2D eigenvalue weighted by atomic mass is 10.3. The summed E-state index contributed by atoms with van der Waals surface area (Å²) in [5.41, 5.74) is 3.48. The van der Waals surface area contributed by atoms with E-state index in [1.54, 1.807) is 0 Å². The minimum atomic E-state index is 0.654. The van der Waals surface area contributed by atoms with E-state index in [1.807, 2.05) is 6.92 Å². The van der Waals surface area contributed by atoms with E-state index in [4.69, 9.17) is 5.84 Å². The predicted molar refractivity (Wildman–Crippen MR) is 66.2 cm³/mol. The molecule has 0 radical (unpaired) electrons. The highest BCUT2D eigenvalue weighted by Gasteiger charge is 2.04. The molecule has 1 heterocycles. The number of nitrogens with one attached hydrogen (secondary N) is 2. The van der Waals surface area contributed by atoms with E-state index in [2.05, 4.69) is 39.6 Å². The lowest BCUT2D eigenvalue weighted by Crippen LogP contribution is -2.25. The Balaban J connectivity index is 2.54. The van der Waals surface area contributed by atoms with Crippen molar-refractivity contribution >= 4 is 11.6 Å². The Kier molecular flexibility index (Phi) is 4.94. The number of hydrogen-bond acceptors (Lipinski definition) is 6. The number of hydrazine groups is 1. The third-order valence-electron chi connectivity index (χ3n) is 2.55. The summed E-state index contributed by atoms with van der Waals surface area (Å²) in [5, 5.41) is 3.26. The van der Waals surface area contributed by atoms with E-state index in [0.717, 1.165) is 31.0 Å². The summed E-state index contributed by atoms with van der Waals surface area (Å²) in [4.78, 5) is 10.4. The molecule has 0 saturated carbocycles. The van der Waals surface area contributed by atoms with Crippen LogP contribution in [0, 0.1) is 6.92 Å². The largest absolute Gasteiger partial charge is 0.368 e. The molecule has 0 aliphatic heterocycles. The highest BCUT2D eigenvalue weighted by molar-refractivity contribution is 5.55. The summed E-state index contributed by atoms with van der Waals surface area (Å²) in [7, 11) is 2.08. The molecule has 0 amide bonds. The molecule has 0 unspecified atom stereocenters. The molecule has 4 N–H and O–H groups in total. The van der Waals surface area contributed by atoms with Crippen molar-refractivity contribution in [1.82, 2.24) is 14.9 Å². The van der Waals surface area contributed by atoms with Crippen LogP contribution in [0.2, 0.25) is 0 Å². The van der Waals surface area contributed by atoms with Gasteiger partial charge >= 0.3 is 0 Å². The molecule has 90 valence electrons. The smallest absolute Gasteiger partial charge is 0.148 e. The Morgan fingerprint density at radius 3 is 2.69 bits per heavy atom. The maximum Gasteiger partial charge on any atom is 0.148 e. The van der Waals surface area contributed by atoms with Crippen LogP contribution >= 0.6 is 0 Å². The van der Waals surface area contributed by atoms with Crippen LogP contribution in [-0.2, 0) is 0 Å². The van der Waals surface area contributed by atoms with Gasteiger partial charge in [0.1, 0.15) is 18.0 Å². The molecule has 0 atom stereocenters. The van der Waals surface area contributed by atoms with Gasteiger partial charge in [0.05, 0.1) is 0 Å². The summed E-state index contributed by atoms with van der Waals surface area (Å²) in [6.07, 6.45) is 1.49. The number of nitrogens with zero attached hydrogens (tertiary/aromatic N) is 3. The first-order valence-corrected chi connectivity index (χ1v) is 5.39. The molecule has 6 heteroatoms. The van der Waals surface area contributed by atoms with Crippen molar-refractivity contribution in [2.45, 2.75) is 13.8 Å². The first kappa shape index (κ1) is 12.7. The number of rotatable bonds is 6. The van der Waals surface area contributed by atoms with Crippen molar-refractivity contribution in [2.75, 3.05) is 37.4 Å². The zero-order valence-electron chi connectivity index (χ0n) is 10.1. The molecule has 0 aromatic carbocycles. The zero-order chi connectivity index (χ0) is 12.0. The van der Waals surface area contributed by atoms with Gasteiger partial charge in [0.25, 0.3) is 0 Å². The molecule has 0 saturated heterocycles. The van der Waals surface area contributed by atoms with Gasteiger partial charge < -0.3 is 15.6 Å². The molecule has 1 aromatic rings. The van der Waals surface area contributed by atoms with Crippen LogP contribution in [0.25, 0.3) is 0 Å². The summed E-state index contributed by atoms with van der Waals surface area (Å²) < 4.78 is 0. The first-order valence-electron chi connectivity index (χ1n) is 5.39. The van der Waals surface area contributed by atoms with Crippen LogP contribution in [0.5, 0.6) is 0 Å². The molecule has 6 nitrogen and oxygen atoms in total. The van der Waals surface area contributed by atoms with Crippen LogP contribution in [0.4, 0.5) is 11.6 Å². The average Bonchev–Trinajstić information content (AvgIpc) is 2.31. The third kappa shape index (κ3) is 3.32. The van der Waals surface area contributed by atoms with Crippen LogP contribution in [-0.4, -0.2) is 41.5 Å². The third-order valence-corrected chi connectivity index (χ3v) is 2.55. The average molecular weight is 224 g/mol. The highest BCUT2D eigenvalue weighted by atomic mass is 15.3. The summed E-state index contributed by atoms with van der Waals surface area (Å²) in [5.74, 6) is 6.82. The van der Waals surface area contributed by atoms with Gasteiger partial charge in [-0.2, -0.15) is 0 Å². The monoisotopic (exact) mass is 224 g/mol. The molecule has 0 aliphatic rings. The van der Waals surface area contributed by atoms with Crippen molar-refractivity contribution in [3.8, 4) is 0 Å². The quantitative estimate of drug-likeness (QED) is 0.480. The van der Waals surface area contributed by atoms with E-state index in [1.165, 1.54) is 6.33 Å². The van der Waals surface area contributed by atoms with Crippen molar-refractivity contribution in [2.24, 2.45) is 5.84 Å². The summed E-state index contributed by atoms with van der Waals surface area (Å²) in [6.45, 7) is 6.94. The number of nitrogens with two attached hydrogens (primary N) is 1. The lowest BCUT2D eigenvalue weighted by molar-refractivity contribution is 0.367. The SMILES string of the molecule is CCN(C)CCNc1ncnc(NN)c1C. The van der Waals surface area contributed by atoms with Crippen LogP contribution in [0.3, 0.4) is 0 Å². The molecule has 0 aliphatic carbocycles. The molecule has 0 fully saturated rings. The number of likely N-dealkylation sites (N-methyl/N-ethyl adjacent to an activating group) is 1. The normalized spacial score (nSPS) is 10.6. The Bertz CT molecular complexity index is 327. The van der Waals surface area contributed by atoms with Gasteiger partial charge in [0.15, 0.2) is 0 Å². The Labute approximate surface area is 96.2 Å². The predicted octanol–water partition coefficient (Wildman–Crippen LogP) is 0.434. The molecular weight excluding hydrogens is 204 g/mol. The van der Waals surface area contributed by atoms with Gasteiger partial charge in [0.2, 0.25) is 0 Å². The Morgan fingerprint density at radius 1 is 1.38 bits per heavy atom. The zero-order valence-corrected chi connectivity index (χ0v) is 10.1. The van der Waals surface area contributed by atoms with Crippen LogP contribution in [0.1, 0.15) is 12.5 Å². The van der Waals surface area contributed by atoms with Crippen molar-refractivity contribution in [3.05, 3.63) is 11.9 Å². The van der Waals surface area contributed by atoms with Crippen LogP contribution in [0.15, 0.2) is 6.33 Å². The molecule has 1 aromatic heterocycles. The van der Waals surface area contributed by atoms with E-state index in [-0.39, 0.29) is 0 Å². The standard InChI is InChI=1S/C10H20N6/c1-4-16(3)6-5-12-9-8(2)10(15-11)14-7-13-9/h7H,4-6,11H2,1-3H3,(H2,12,13,14,15). The number of anilines is 2. The molecule has 0 spiro atoms. The van der Waals surface area contributed by atoms with Crippen molar-refractivity contribution < 1.29 is 0 Å². The highest BCUT2D eigenvalue weighted by Crippen LogP contribution is 2.16. The van der Waals surface area contributed by atoms with Crippen LogP contribution < -0.4 is 16.6 Å². The molecule has 0 bridgehead atoms. The summed E-state index contributed by atoms with van der Waals surface area (Å²) in [6, 6.07) is 0. The van der Waals surface area contributed by atoms with Gasteiger partial charge in [0, 0.05) is 18.7 Å². The number of aromatic nitrogens is 2. The van der Waals surface area contributed by atoms with Crippen molar-refractivity contribution in [3.63, 3.8) is 0 Å². The maximum atomic E-state index is 5.34. The Hall–Kier alpha value is -1.40. The Morgan fingerprint density at radius 2 is 2.06 bits per heavy atom. The lowest BCUT2D eigenvalue weighted by Gasteiger charge is -2.15. The number of nitrogen functional groups attached to an aromatic ring is 1. The van der Waals surface area contributed by atoms with Gasteiger partial charge in [-0.3, -0.25) is 0 Å². The fourth-order valence-electron chi connectivity index (χ4n) is 1.30. The van der Waals surface area contributed by atoms with Gasteiger partial charge in [-0.25, -0.2) is 15.8 Å². The molecule has 1 rings (SSSR count). The van der Waals surface area contributed by atoms with E-state index in [0.29, 0.717) is 5.82 Å².